The van der Waals surface area contributed by atoms with Crippen LogP contribution in [0.15, 0.2) is 30.3 Å². The van der Waals surface area contributed by atoms with Gasteiger partial charge in [-0.2, -0.15) is 0 Å². The fourth-order valence-corrected chi connectivity index (χ4v) is 3.30. The fourth-order valence-electron chi connectivity index (χ4n) is 3.30. The van der Waals surface area contributed by atoms with Crippen molar-refractivity contribution in [2.24, 2.45) is 0 Å². The molecule has 2 N–H and O–H groups in total. The van der Waals surface area contributed by atoms with Crippen LogP contribution in [0.25, 0.3) is 0 Å². The van der Waals surface area contributed by atoms with Crippen LogP contribution in [-0.2, 0) is 19.2 Å². The van der Waals surface area contributed by atoms with Gasteiger partial charge in [0.1, 0.15) is 12.1 Å². The number of amides is 1. The summed E-state index contributed by atoms with van der Waals surface area (Å²) in [6, 6.07) is 7.56. The summed E-state index contributed by atoms with van der Waals surface area (Å²) in [5.41, 5.74) is -0.118. The van der Waals surface area contributed by atoms with Crippen molar-refractivity contribution in [3.05, 3.63) is 41.1 Å². The third-order valence-corrected chi connectivity index (χ3v) is 4.66. The van der Waals surface area contributed by atoms with Crippen LogP contribution < -0.4 is 0 Å². The molecule has 9 heteroatoms. The van der Waals surface area contributed by atoms with E-state index in [1.54, 1.807) is 30.3 Å². The van der Waals surface area contributed by atoms with Crippen LogP contribution in [-0.4, -0.2) is 69.5 Å². The van der Waals surface area contributed by atoms with E-state index in [1.165, 1.54) is 12.0 Å². The van der Waals surface area contributed by atoms with E-state index < -0.39 is 41.9 Å². The molecule has 26 heavy (non-hydrogen) atoms. The SMILES string of the molecule is COC(=O)[C@@H]1CCCN1C(=O)C1=[N+]([O-])O[C@@H]([C@@H](O)c2ccccc2)[C@H]1O. The Hall–Kier alpha value is -2.65. The molecule has 0 aliphatic carbocycles. The lowest BCUT2D eigenvalue weighted by atomic mass is 9.98. The van der Waals surface area contributed by atoms with E-state index in [9.17, 15) is 25.0 Å². The molecule has 1 aromatic carbocycles. The van der Waals surface area contributed by atoms with Crippen LogP contribution in [0.5, 0.6) is 0 Å². The van der Waals surface area contributed by atoms with Gasteiger partial charge < -0.3 is 24.7 Å². The summed E-state index contributed by atoms with van der Waals surface area (Å²) in [6.07, 6.45) is -3.27. The second-order valence-electron chi connectivity index (χ2n) is 6.19. The topological polar surface area (TPSA) is 122 Å². The number of carbonyl (C=O) groups is 2. The minimum atomic E-state index is -1.63. The van der Waals surface area contributed by atoms with E-state index in [0.29, 0.717) is 18.4 Å². The predicted octanol–water partition coefficient (Wildman–Crippen LogP) is -0.490. The molecule has 1 fully saturated rings. The van der Waals surface area contributed by atoms with Crippen molar-refractivity contribution in [3.63, 3.8) is 0 Å². The predicted molar refractivity (Wildman–Crippen MR) is 87.7 cm³/mol. The highest BCUT2D eigenvalue weighted by molar-refractivity contribution is 6.39. The van der Waals surface area contributed by atoms with E-state index in [2.05, 4.69) is 4.74 Å². The molecule has 1 aromatic rings. The Morgan fingerprint density at radius 1 is 1.38 bits per heavy atom. The average Bonchev–Trinajstić information content (AvgIpc) is 3.25. The Morgan fingerprint density at radius 2 is 2.08 bits per heavy atom. The first kappa shape index (κ1) is 18.2. The zero-order valence-corrected chi connectivity index (χ0v) is 14.1. The Bertz CT molecular complexity index is 721. The van der Waals surface area contributed by atoms with Gasteiger partial charge in [-0.25, -0.2) is 4.79 Å². The van der Waals surface area contributed by atoms with Crippen LogP contribution in [0.1, 0.15) is 24.5 Å². The number of benzene rings is 1. The maximum absolute atomic E-state index is 12.7. The molecule has 0 saturated carbocycles. The van der Waals surface area contributed by atoms with Gasteiger partial charge in [-0.15, -0.1) is 0 Å². The molecule has 4 atom stereocenters. The molecule has 1 saturated heterocycles. The van der Waals surface area contributed by atoms with Gasteiger partial charge in [-0.05, 0) is 18.4 Å². The second kappa shape index (κ2) is 7.30. The van der Waals surface area contributed by atoms with Gasteiger partial charge in [0.2, 0.25) is 0 Å². The summed E-state index contributed by atoms with van der Waals surface area (Å²) in [5, 5.41) is 32.9. The molecule has 0 radical (unpaired) electrons. The Morgan fingerprint density at radius 3 is 2.73 bits per heavy atom. The normalized spacial score (nSPS) is 26.6. The zero-order chi connectivity index (χ0) is 18.8. The van der Waals surface area contributed by atoms with Gasteiger partial charge in [-0.1, -0.05) is 30.3 Å². The molecule has 9 nitrogen and oxygen atoms in total. The Balaban J connectivity index is 1.79. The molecule has 0 spiro atoms. The maximum atomic E-state index is 12.7. The minimum Gasteiger partial charge on any atom is -0.467 e. The number of hydrogen-bond acceptors (Lipinski definition) is 7. The first-order chi connectivity index (χ1) is 12.5. The van der Waals surface area contributed by atoms with Crippen LogP contribution in [0, 0.1) is 5.21 Å². The molecular weight excluding hydrogens is 344 g/mol. The van der Waals surface area contributed by atoms with Crippen LogP contribution >= 0.6 is 0 Å². The maximum Gasteiger partial charge on any atom is 0.338 e. The number of esters is 1. The molecular formula is C17H20N2O7. The van der Waals surface area contributed by atoms with Gasteiger partial charge in [0.15, 0.2) is 6.10 Å². The van der Waals surface area contributed by atoms with Crippen LogP contribution in [0.4, 0.5) is 0 Å². The van der Waals surface area contributed by atoms with Crippen molar-refractivity contribution in [2.75, 3.05) is 13.7 Å². The highest BCUT2D eigenvalue weighted by Gasteiger charge is 2.50. The van der Waals surface area contributed by atoms with E-state index >= 15 is 0 Å². The van der Waals surface area contributed by atoms with Crippen molar-refractivity contribution in [3.8, 4) is 0 Å². The Labute approximate surface area is 149 Å². The van der Waals surface area contributed by atoms with Crippen molar-refractivity contribution in [1.82, 2.24) is 4.90 Å². The molecule has 2 aliphatic rings. The number of likely N-dealkylation sites (tertiary alicyclic amines) is 1. The van der Waals surface area contributed by atoms with Crippen LogP contribution in [0.3, 0.4) is 0 Å². The van der Waals surface area contributed by atoms with E-state index in [1.807, 2.05) is 0 Å². The van der Waals surface area contributed by atoms with E-state index in [4.69, 9.17) is 4.84 Å². The van der Waals surface area contributed by atoms with Crippen molar-refractivity contribution in [1.29, 1.82) is 0 Å². The van der Waals surface area contributed by atoms with Crippen molar-refractivity contribution in [2.45, 2.75) is 37.2 Å². The highest BCUT2D eigenvalue weighted by Crippen LogP contribution is 2.28. The number of hydrogen-bond donors (Lipinski definition) is 2. The first-order valence-electron chi connectivity index (χ1n) is 8.26. The number of carbonyl (C=O) groups excluding carboxylic acids is 2. The standard InChI is InChI=1S/C17H20N2O7/c1-25-17(23)11-8-5-9-18(11)16(22)12-14(21)15(26-19(12)24)13(20)10-6-3-2-4-7-10/h2-4,6-7,11,13-15,20-21H,5,8-9H2,1H3/t11-,13-,14-,15-/m0/s1. The van der Waals surface area contributed by atoms with E-state index in [-0.39, 0.29) is 11.4 Å². The number of nitrogens with zero attached hydrogens (tertiary/aromatic N) is 2. The zero-order valence-electron chi connectivity index (χ0n) is 14.1. The smallest absolute Gasteiger partial charge is 0.338 e. The molecule has 0 aromatic heterocycles. The summed E-state index contributed by atoms with van der Waals surface area (Å²) < 4.78 is 4.68. The Kier molecular flexibility index (Phi) is 5.10. The fraction of sp³-hybridized carbons (Fsp3) is 0.471. The van der Waals surface area contributed by atoms with E-state index in [0.717, 1.165) is 0 Å². The molecule has 2 heterocycles. The highest BCUT2D eigenvalue weighted by atomic mass is 16.9. The summed E-state index contributed by atoms with van der Waals surface area (Å²) in [4.78, 5) is 30.6. The number of aliphatic hydroxyl groups excluding tert-OH is 2. The first-order valence-corrected chi connectivity index (χ1v) is 8.26. The summed E-state index contributed by atoms with van der Waals surface area (Å²) >= 11 is 0. The molecule has 140 valence electrons. The van der Waals surface area contributed by atoms with Gasteiger partial charge >= 0.3 is 17.6 Å². The summed E-state index contributed by atoms with van der Waals surface area (Å²) in [5.74, 6) is -1.38. The molecule has 1 amide bonds. The van der Waals surface area contributed by atoms with Gasteiger partial charge in [0.05, 0.1) is 18.1 Å². The van der Waals surface area contributed by atoms with Crippen LogP contribution in [0.2, 0.25) is 0 Å². The lowest BCUT2D eigenvalue weighted by Crippen LogP contribution is -2.49. The minimum absolute atomic E-state index is 0.0729. The second-order valence-corrected chi connectivity index (χ2v) is 6.19. The van der Waals surface area contributed by atoms with Gasteiger partial charge in [-0.3, -0.25) is 10.0 Å². The quantitative estimate of drug-likeness (QED) is 0.546. The van der Waals surface area contributed by atoms with Gasteiger partial charge in [0.25, 0.3) is 0 Å². The molecule has 2 aliphatic heterocycles. The van der Waals surface area contributed by atoms with Crippen molar-refractivity contribution < 1.29 is 34.3 Å². The van der Waals surface area contributed by atoms with Crippen molar-refractivity contribution >= 4 is 17.6 Å². The number of aliphatic hydroxyl groups is 2. The molecule has 0 bridgehead atoms. The number of ether oxygens (including phenoxy) is 1. The third kappa shape index (κ3) is 3.11. The molecule has 0 unspecified atom stereocenters. The van der Waals surface area contributed by atoms with Gasteiger partial charge in [0, 0.05) is 6.54 Å². The molecule has 3 rings (SSSR count). The monoisotopic (exact) mass is 364 g/mol. The third-order valence-electron chi connectivity index (χ3n) is 4.66. The lowest BCUT2D eigenvalue weighted by molar-refractivity contribution is -0.742. The average molecular weight is 364 g/mol. The number of rotatable bonds is 4. The lowest BCUT2D eigenvalue weighted by Gasteiger charge is -2.23. The summed E-state index contributed by atoms with van der Waals surface area (Å²) in [7, 11) is 1.22. The largest absolute Gasteiger partial charge is 0.467 e. The summed E-state index contributed by atoms with van der Waals surface area (Å²) in [6.45, 7) is 0.258. The number of methoxy groups -OCH3 is 1.